The van der Waals surface area contributed by atoms with Crippen molar-refractivity contribution in [3.63, 3.8) is 0 Å². The Morgan fingerprint density at radius 2 is 1.60 bits per heavy atom. The molecule has 0 aromatic heterocycles. The van der Waals surface area contributed by atoms with Crippen LogP contribution in [0.4, 0.5) is 0 Å². The Morgan fingerprint density at radius 3 is 2.20 bits per heavy atom. The lowest BCUT2D eigenvalue weighted by Gasteiger charge is -2.53. The summed E-state index contributed by atoms with van der Waals surface area (Å²) in [5, 5.41) is 3.21. The molecule has 5 fully saturated rings. The molecule has 0 radical (unpaired) electrons. The molecular weight excluding hydrogens is 252 g/mol. The molecule has 4 heteroatoms. The maximum Gasteiger partial charge on any atom is 0.224 e. The molecule has 1 heterocycles. The van der Waals surface area contributed by atoms with Crippen LogP contribution < -0.4 is 5.32 Å². The summed E-state index contributed by atoms with van der Waals surface area (Å²) in [7, 11) is 0. The predicted molar refractivity (Wildman–Crippen MR) is 75.9 cm³/mol. The van der Waals surface area contributed by atoms with Gasteiger partial charge in [0.15, 0.2) is 0 Å². The Hall–Kier alpha value is -0.610. The first-order valence-corrected chi connectivity index (χ1v) is 8.37. The number of ether oxygens (including phenoxy) is 1. The van der Waals surface area contributed by atoms with Crippen LogP contribution in [0.1, 0.15) is 32.1 Å². The van der Waals surface area contributed by atoms with E-state index in [1.807, 2.05) is 0 Å². The third-order valence-electron chi connectivity index (χ3n) is 6.11. The average Bonchev–Trinajstić information content (AvgIpc) is 2.45. The molecule has 0 spiro atoms. The van der Waals surface area contributed by atoms with Gasteiger partial charge in [-0.25, -0.2) is 0 Å². The lowest BCUT2D eigenvalue weighted by Crippen LogP contribution is -2.53. The van der Waals surface area contributed by atoms with Crippen LogP contribution in [0.3, 0.4) is 0 Å². The quantitative estimate of drug-likeness (QED) is 0.850. The van der Waals surface area contributed by atoms with Gasteiger partial charge in [-0.2, -0.15) is 0 Å². The van der Waals surface area contributed by atoms with Crippen molar-refractivity contribution in [2.45, 2.75) is 32.1 Å². The number of amides is 1. The van der Waals surface area contributed by atoms with Crippen LogP contribution in [0.15, 0.2) is 0 Å². The van der Waals surface area contributed by atoms with Crippen LogP contribution in [0.2, 0.25) is 0 Å². The minimum Gasteiger partial charge on any atom is -0.379 e. The number of nitrogens with one attached hydrogen (secondary N) is 1. The van der Waals surface area contributed by atoms with Gasteiger partial charge < -0.3 is 10.1 Å². The van der Waals surface area contributed by atoms with Crippen molar-refractivity contribution in [1.82, 2.24) is 10.2 Å². The van der Waals surface area contributed by atoms with Gasteiger partial charge in [-0.15, -0.1) is 0 Å². The molecule has 112 valence electrons. The van der Waals surface area contributed by atoms with Crippen molar-refractivity contribution in [2.24, 2.45) is 29.6 Å². The van der Waals surface area contributed by atoms with E-state index in [4.69, 9.17) is 4.74 Å². The topological polar surface area (TPSA) is 41.6 Å². The Kier molecular flexibility index (Phi) is 3.47. The summed E-state index contributed by atoms with van der Waals surface area (Å²) in [6.07, 6.45) is 6.74. The summed E-state index contributed by atoms with van der Waals surface area (Å²) in [6.45, 7) is 4.21. The van der Waals surface area contributed by atoms with Gasteiger partial charge in [0.1, 0.15) is 0 Å². The summed E-state index contributed by atoms with van der Waals surface area (Å²) in [5.41, 5.74) is 0. The van der Waals surface area contributed by atoms with Crippen molar-refractivity contribution in [2.75, 3.05) is 33.0 Å². The first kappa shape index (κ1) is 13.1. The number of hydrogen-bond acceptors (Lipinski definition) is 3. The highest BCUT2D eigenvalue weighted by atomic mass is 16.5. The zero-order valence-electron chi connectivity index (χ0n) is 12.2. The zero-order chi connectivity index (χ0) is 13.5. The summed E-state index contributed by atoms with van der Waals surface area (Å²) in [6, 6.07) is 0. The van der Waals surface area contributed by atoms with Crippen LogP contribution in [-0.2, 0) is 9.53 Å². The Bertz CT molecular complexity index is 351. The summed E-state index contributed by atoms with van der Waals surface area (Å²) < 4.78 is 5.35. The Morgan fingerprint density at radius 1 is 1.00 bits per heavy atom. The fraction of sp³-hybridized carbons (Fsp3) is 0.938. The second-order valence-electron chi connectivity index (χ2n) is 7.39. The van der Waals surface area contributed by atoms with E-state index >= 15 is 0 Å². The fourth-order valence-corrected chi connectivity index (χ4v) is 5.42. The lowest BCUT2D eigenvalue weighted by molar-refractivity contribution is -0.139. The van der Waals surface area contributed by atoms with Gasteiger partial charge in [0, 0.05) is 19.0 Å². The largest absolute Gasteiger partial charge is 0.379 e. The molecule has 0 aromatic carbocycles. The van der Waals surface area contributed by atoms with E-state index in [0.29, 0.717) is 30.3 Å². The summed E-state index contributed by atoms with van der Waals surface area (Å²) in [4.78, 5) is 14.9. The minimum absolute atomic E-state index is 0.323. The number of carbonyl (C=O) groups excluding carboxylic acids is 1. The molecule has 1 amide bonds. The molecule has 4 bridgehead atoms. The fourth-order valence-electron chi connectivity index (χ4n) is 5.42. The van der Waals surface area contributed by atoms with Gasteiger partial charge in [-0.1, -0.05) is 0 Å². The Labute approximate surface area is 121 Å². The van der Waals surface area contributed by atoms with Crippen LogP contribution in [0.25, 0.3) is 0 Å². The maximum absolute atomic E-state index is 12.6. The van der Waals surface area contributed by atoms with Gasteiger partial charge >= 0.3 is 0 Å². The highest BCUT2D eigenvalue weighted by Crippen LogP contribution is 2.56. The number of nitrogens with zero attached hydrogens (tertiary/aromatic N) is 1. The molecule has 0 unspecified atom stereocenters. The van der Waals surface area contributed by atoms with Crippen LogP contribution in [-0.4, -0.2) is 43.8 Å². The van der Waals surface area contributed by atoms with Gasteiger partial charge in [-0.3, -0.25) is 9.69 Å². The third kappa shape index (κ3) is 2.37. The van der Waals surface area contributed by atoms with E-state index in [9.17, 15) is 4.79 Å². The molecule has 20 heavy (non-hydrogen) atoms. The second kappa shape index (κ2) is 5.30. The summed E-state index contributed by atoms with van der Waals surface area (Å²) in [5.74, 6) is 3.93. The van der Waals surface area contributed by atoms with Gasteiger partial charge in [-0.05, 0) is 55.8 Å². The molecule has 4 saturated carbocycles. The van der Waals surface area contributed by atoms with E-state index in [2.05, 4.69) is 10.2 Å². The van der Waals surface area contributed by atoms with E-state index in [1.54, 1.807) is 0 Å². The van der Waals surface area contributed by atoms with Crippen LogP contribution >= 0.6 is 0 Å². The highest BCUT2D eigenvalue weighted by molar-refractivity contribution is 5.79. The monoisotopic (exact) mass is 278 g/mol. The molecule has 5 rings (SSSR count). The lowest BCUT2D eigenvalue weighted by atomic mass is 9.51. The SMILES string of the molecule is O=C(NCN1CCOCC1)C1C2CC3CC(C2)CC1C3. The van der Waals surface area contributed by atoms with Gasteiger partial charge in [0.05, 0.1) is 19.9 Å². The van der Waals surface area contributed by atoms with E-state index in [-0.39, 0.29) is 0 Å². The van der Waals surface area contributed by atoms with Crippen molar-refractivity contribution in [3.05, 3.63) is 0 Å². The predicted octanol–water partition coefficient (Wildman–Crippen LogP) is 1.46. The smallest absolute Gasteiger partial charge is 0.224 e. The molecule has 4 nitrogen and oxygen atoms in total. The van der Waals surface area contributed by atoms with Crippen molar-refractivity contribution in [3.8, 4) is 0 Å². The molecule has 5 aliphatic rings. The first-order valence-electron chi connectivity index (χ1n) is 8.37. The standard InChI is InChI=1S/C16H26N2O2/c19-16(17-10-18-1-3-20-4-2-18)15-13-6-11-5-12(8-13)9-14(15)7-11/h11-15H,1-10H2,(H,17,19). The molecule has 1 saturated heterocycles. The molecule has 1 aliphatic heterocycles. The third-order valence-corrected chi connectivity index (χ3v) is 6.11. The minimum atomic E-state index is 0.323. The average molecular weight is 278 g/mol. The van der Waals surface area contributed by atoms with E-state index in [1.165, 1.54) is 32.1 Å². The van der Waals surface area contributed by atoms with Gasteiger partial charge in [0.25, 0.3) is 0 Å². The Balaban J connectivity index is 1.34. The number of hydrogen-bond donors (Lipinski definition) is 1. The molecular formula is C16H26N2O2. The van der Waals surface area contributed by atoms with Crippen molar-refractivity contribution < 1.29 is 9.53 Å². The zero-order valence-corrected chi connectivity index (χ0v) is 12.2. The van der Waals surface area contributed by atoms with E-state index in [0.717, 1.165) is 38.1 Å². The first-order chi connectivity index (χ1) is 9.79. The second-order valence-corrected chi connectivity index (χ2v) is 7.39. The molecule has 4 aliphatic carbocycles. The number of carbonyl (C=O) groups is 1. The van der Waals surface area contributed by atoms with Crippen LogP contribution in [0, 0.1) is 29.6 Å². The van der Waals surface area contributed by atoms with Crippen LogP contribution in [0.5, 0.6) is 0 Å². The van der Waals surface area contributed by atoms with Crippen molar-refractivity contribution >= 4 is 5.91 Å². The number of morpholine rings is 1. The molecule has 1 N–H and O–H groups in total. The maximum atomic E-state index is 12.6. The van der Waals surface area contributed by atoms with Gasteiger partial charge in [0.2, 0.25) is 5.91 Å². The highest BCUT2D eigenvalue weighted by Gasteiger charge is 2.50. The number of rotatable bonds is 3. The summed E-state index contributed by atoms with van der Waals surface area (Å²) >= 11 is 0. The molecule has 0 aromatic rings. The van der Waals surface area contributed by atoms with E-state index < -0.39 is 0 Å². The van der Waals surface area contributed by atoms with Crippen molar-refractivity contribution in [1.29, 1.82) is 0 Å². The molecule has 0 atom stereocenters. The normalized spacial score (nSPS) is 43.7.